The topological polar surface area (TPSA) is 110 Å². The van der Waals surface area contributed by atoms with E-state index in [4.69, 9.17) is 21.3 Å². The van der Waals surface area contributed by atoms with Gasteiger partial charge in [-0.25, -0.2) is 0 Å². The quantitative estimate of drug-likeness (QED) is 0.335. The highest BCUT2D eigenvalue weighted by atomic mass is 35.5. The Balaban J connectivity index is 1.13. The number of aliphatic hydroxyl groups excluding tert-OH is 1. The number of carbonyl (C=O) groups excluding carboxylic acids is 1. The van der Waals surface area contributed by atoms with Crippen LogP contribution in [-0.2, 0) is 19.1 Å². The minimum Gasteiger partial charge on any atom is -0.489 e. The number of aromatic nitrogens is 1. The second-order valence-corrected chi connectivity index (χ2v) is 11.8. The van der Waals surface area contributed by atoms with Crippen LogP contribution in [0.1, 0.15) is 45.5 Å². The van der Waals surface area contributed by atoms with Crippen molar-refractivity contribution in [3.05, 3.63) is 85.8 Å². The largest absolute Gasteiger partial charge is 0.489 e. The number of halogens is 4. The predicted molar refractivity (Wildman–Crippen MR) is 160 cm³/mol. The summed E-state index contributed by atoms with van der Waals surface area (Å²) in [6, 6.07) is 9.01. The number of likely N-dealkylation sites (tertiary alicyclic amines) is 1. The lowest BCUT2D eigenvalue weighted by atomic mass is 10.00. The Morgan fingerprint density at radius 3 is 2.70 bits per heavy atom. The lowest BCUT2D eigenvalue weighted by Crippen LogP contribution is -2.43. The standard InChI is InChI=1S/C31H31ClF3N5O4/c1-39-9-6-19(7-10-39)40-15-18-11-17-12-25(38-24(17)13-21(18)30(40)43)27-23(5-8-36-29(27)42)37-14-20(41)16-44-26-4-2-3-22(28(26)32)31(33,34)35/h2-5,8,11,13,19-20,41H,6-7,9-10,12,14-16H2,1H3,(H2,36,37,42)/t20-/m1/s1. The lowest BCUT2D eigenvalue weighted by Gasteiger charge is -2.34. The molecule has 1 amide bonds. The van der Waals surface area contributed by atoms with Crippen LogP contribution in [0.3, 0.4) is 0 Å². The van der Waals surface area contributed by atoms with Crippen molar-refractivity contribution in [1.29, 1.82) is 0 Å². The van der Waals surface area contributed by atoms with Gasteiger partial charge in [0, 0.05) is 37.3 Å². The third kappa shape index (κ3) is 5.93. The molecule has 0 unspecified atom stereocenters. The van der Waals surface area contributed by atoms with E-state index in [-0.39, 0.29) is 36.4 Å². The molecule has 3 N–H and O–H groups in total. The molecule has 3 aliphatic rings. The molecular weight excluding hydrogens is 599 g/mol. The van der Waals surface area contributed by atoms with Crippen molar-refractivity contribution in [2.75, 3.05) is 38.6 Å². The molecule has 13 heteroatoms. The summed E-state index contributed by atoms with van der Waals surface area (Å²) in [5.41, 5.74) is 3.04. The molecular formula is C31H31ClF3N5O4. The number of fused-ring (bicyclic) bond motifs is 2. The zero-order valence-corrected chi connectivity index (χ0v) is 24.6. The second-order valence-electron chi connectivity index (χ2n) is 11.4. The summed E-state index contributed by atoms with van der Waals surface area (Å²) in [5.74, 6) is -0.182. The highest BCUT2D eigenvalue weighted by molar-refractivity contribution is 6.32. The fourth-order valence-corrected chi connectivity index (χ4v) is 6.29. The third-order valence-corrected chi connectivity index (χ3v) is 8.75. The highest BCUT2D eigenvalue weighted by Crippen LogP contribution is 2.40. The first-order valence-electron chi connectivity index (χ1n) is 14.3. The molecule has 3 aromatic rings. The molecule has 1 atom stereocenters. The number of carbonyl (C=O) groups is 1. The lowest BCUT2D eigenvalue weighted by molar-refractivity contribution is -0.137. The molecule has 0 spiro atoms. The number of piperidine rings is 1. The van der Waals surface area contributed by atoms with E-state index in [0.29, 0.717) is 41.2 Å². The van der Waals surface area contributed by atoms with Crippen LogP contribution in [0.5, 0.6) is 5.75 Å². The minimum atomic E-state index is -4.64. The van der Waals surface area contributed by atoms with E-state index in [9.17, 15) is 27.9 Å². The number of alkyl halides is 3. The number of hydrogen-bond donors (Lipinski definition) is 3. The van der Waals surface area contributed by atoms with Crippen LogP contribution in [0.15, 0.2) is 52.4 Å². The molecule has 9 nitrogen and oxygen atoms in total. The maximum atomic E-state index is 13.3. The monoisotopic (exact) mass is 629 g/mol. The smallest absolute Gasteiger partial charge is 0.417 e. The van der Waals surface area contributed by atoms with Gasteiger partial charge in [-0.2, -0.15) is 13.2 Å². The van der Waals surface area contributed by atoms with Gasteiger partial charge in [-0.15, -0.1) is 0 Å². The number of H-pyrrole nitrogens is 1. The van der Waals surface area contributed by atoms with Gasteiger partial charge in [-0.3, -0.25) is 14.6 Å². The van der Waals surface area contributed by atoms with Gasteiger partial charge in [0.25, 0.3) is 11.5 Å². The van der Waals surface area contributed by atoms with E-state index in [0.717, 1.165) is 43.1 Å². The number of anilines is 1. The molecule has 44 heavy (non-hydrogen) atoms. The first-order valence-corrected chi connectivity index (χ1v) is 14.7. The molecule has 0 bridgehead atoms. The molecule has 3 aliphatic heterocycles. The molecule has 0 saturated carbocycles. The Morgan fingerprint density at radius 2 is 1.95 bits per heavy atom. The number of ether oxygens (including phenoxy) is 1. The van der Waals surface area contributed by atoms with Crippen molar-refractivity contribution in [2.45, 2.75) is 44.1 Å². The van der Waals surface area contributed by atoms with Gasteiger partial charge in [0.15, 0.2) is 0 Å². The zero-order valence-electron chi connectivity index (χ0n) is 23.9. The summed E-state index contributed by atoms with van der Waals surface area (Å²) in [7, 11) is 2.09. The van der Waals surface area contributed by atoms with Crippen molar-refractivity contribution in [2.24, 2.45) is 4.99 Å². The van der Waals surface area contributed by atoms with Crippen LogP contribution in [0, 0.1) is 0 Å². The molecule has 1 aromatic heterocycles. The van der Waals surface area contributed by atoms with Gasteiger partial charge in [-0.1, -0.05) is 23.7 Å². The van der Waals surface area contributed by atoms with Gasteiger partial charge < -0.3 is 29.9 Å². The van der Waals surface area contributed by atoms with Crippen LogP contribution < -0.4 is 15.6 Å². The number of aliphatic hydroxyl groups is 1. The highest BCUT2D eigenvalue weighted by Gasteiger charge is 2.36. The summed E-state index contributed by atoms with van der Waals surface area (Å²) in [6.07, 6.45) is -2.02. The molecule has 6 rings (SSSR count). The van der Waals surface area contributed by atoms with Crippen molar-refractivity contribution >= 4 is 34.6 Å². The predicted octanol–water partition coefficient (Wildman–Crippen LogP) is 4.63. The average Bonchev–Trinajstić information content (AvgIpc) is 3.53. The van der Waals surface area contributed by atoms with Crippen molar-refractivity contribution in [1.82, 2.24) is 14.8 Å². The van der Waals surface area contributed by atoms with E-state index in [1.807, 2.05) is 17.0 Å². The van der Waals surface area contributed by atoms with E-state index >= 15 is 0 Å². The van der Waals surface area contributed by atoms with Gasteiger partial charge in [0.1, 0.15) is 18.5 Å². The summed E-state index contributed by atoms with van der Waals surface area (Å²) in [6.45, 7) is 2.09. The molecule has 232 valence electrons. The molecule has 0 radical (unpaired) electrons. The van der Waals surface area contributed by atoms with Crippen molar-refractivity contribution in [3.63, 3.8) is 0 Å². The summed E-state index contributed by atoms with van der Waals surface area (Å²) in [5, 5.41) is 12.9. The second kappa shape index (κ2) is 11.9. The van der Waals surface area contributed by atoms with Gasteiger partial charge >= 0.3 is 6.18 Å². The maximum Gasteiger partial charge on any atom is 0.417 e. The number of aromatic amines is 1. The molecule has 0 aliphatic carbocycles. The molecule has 2 aromatic carbocycles. The Morgan fingerprint density at radius 1 is 1.18 bits per heavy atom. The minimum absolute atomic E-state index is 0.0172. The molecule has 1 fully saturated rings. The van der Waals surface area contributed by atoms with E-state index in [1.54, 1.807) is 6.07 Å². The van der Waals surface area contributed by atoms with E-state index in [2.05, 4.69) is 22.2 Å². The van der Waals surface area contributed by atoms with Crippen molar-refractivity contribution in [3.8, 4) is 5.75 Å². The number of aliphatic imine (C=N–C) groups is 1. The number of hydrogen-bond acceptors (Lipinski definition) is 7. The third-order valence-electron chi connectivity index (χ3n) is 8.36. The number of rotatable bonds is 8. The summed E-state index contributed by atoms with van der Waals surface area (Å²) >= 11 is 5.87. The van der Waals surface area contributed by atoms with Gasteiger partial charge in [0.05, 0.1) is 33.2 Å². The van der Waals surface area contributed by atoms with E-state index < -0.39 is 22.9 Å². The SMILES string of the molecule is CN1CCC(N2Cc3cc4c(cc3C2=O)N=C(c2c(NC[C@@H](O)COc3cccc(C(F)(F)F)c3Cl)cc[nH]c2=O)C4)CC1. The fourth-order valence-electron chi connectivity index (χ4n) is 6.01. The fraction of sp³-hybridized carbons (Fsp3) is 0.387. The Hall–Kier alpha value is -3.87. The number of amides is 1. The van der Waals surface area contributed by atoms with Crippen LogP contribution in [0.2, 0.25) is 5.02 Å². The molecule has 4 heterocycles. The van der Waals surface area contributed by atoms with Crippen LogP contribution in [0.25, 0.3) is 0 Å². The first-order chi connectivity index (χ1) is 21.0. The van der Waals surface area contributed by atoms with Crippen LogP contribution in [-0.4, -0.2) is 76.9 Å². The summed E-state index contributed by atoms with van der Waals surface area (Å²) in [4.78, 5) is 37.9. The normalized spacial score (nSPS) is 17.8. The Bertz CT molecular complexity index is 1680. The van der Waals surface area contributed by atoms with Gasteiger partial charge in [-0.05, 0) is 68.4 Å². The number of benzene rings is 2. The van der Waals surface area contributed by atoms with E-state index in [1.165, 1.54) is 18.3 Å². The van der Waals surface area contributed by atoms with Crippen molar-refractivity contribution < 1.29 is 27.8 Å². The first kappa shape index (κ1) is 30.2. The van der Waals surface area contributed by atoms with Crippen LogP contribution >= 0.6 is 11.6 Å². The Kier molecular flexibility index (Phi) is 8.16. The Labute approximate surface area is 256 Å². The number of pyridine rings is 1. The maximum absolute atomic E-state index is 13.3. The van der Waals surface area contributed by atoms with Gasteiger partial charge in [0.2, 0.25) is 0 Å². The molecule has 1 saturated heterocycles. The zero-order chi connectivity index (χ0) is 31.2. The van der Waals surface area contributed by atoms with Crippen LogP contribution in [0.4, 0.5) is 24.5 Å². The number of nitrogens with one attached hydrogen (secondary N) is 2. The number of nitrogens with zero attached hydrogens (tertiary/aromatic N) is 3. The summed E-state index contributed by atoms with van der Waals surface area (Å²) < 4.78 is 44.8. The average molecular weight is 630 g/mol.